The summed E-state index contributed by atoms with van der Waals surface area (Å²) in [5.74, 6) is 2.13. The molecule has 1 aromatic carbocycles. The van der Waals surface area contributed by atoms with Crippen molar-refractivity contribution in [2.45, 2.75) is 44.1 Å². The third kappa shape index (κ3) is 3.10. The Morgan fingerprint density at radius 2 is 2.19 bits per heavy atom. The fraction of sp³-hybridized carbons (Fsp3) is 0.360. The van der Waals surface area contributed by atoms with E-state index in [0.717, 1.165) is 44.2 Å². The molecule has 1 fully saturated rings. The average molecular weight is 432 g/mol. The molecule has 2 aliphatic rings. The van der Waals surface area contributed by atoms with Gasteiger partial charge in [-0.2, -0.15) is 0 Å². The van der Waals surface area contributed by atoms with Gasteiger partial charge in [-0.15, -0.1) is 6.42 Å². The van der Waals surface area contributed by atoms with E-state index in [-0.39, 0.29) is 27.9 Å². The second kappa shape index (κ2) is 7.86. The third-order valence-corrected chi connectivity index (χ3v) is 6.78. The topological polar surface area (TPSA) is 82.2 Å². The molecule has 0 saturated heterocycles. The molecule has 3 N–H and O–H groups in total. The van der Waals surface area contributed by atoms with Gasteiger partial charge in [0.05, 0.1) is 28.8 Å². The van der Waals surface area contributed by atoms with Crippen molar-refractivity contribution in [1.82, 2.24) is 9.55 Å². The Hall–Kier alpha value is -3.53. The van der Waals surface area contributed by atoms with Crippen LogP contribution in [-0.2, 0) is 12.0 Å². The van der Waals surface area contributed by atoms with E-state index in [1.54, 1.807) is 12.4 Å². The molecule has 1 saturated carbocycles. The first-order valence-corrected chi connectivity index (χ1v) is 11.0. The van der Waals surface area contributed by atoms with Gasteiger partial charge < -0.3 is 20.4 Å². The molecule has 3 heterocycles. The van der Waals surface area contributed by atoms with Crippen LogP contribution in [0, 0.1) is 18.2 Å². The lowest BCUT2D eigenvalue weighted by atomic mass is 9.74. The van der Waals surface area contributed by atoms with Crippen LogP contribution in [0.15, 0.2) is 35.4 Å². The highest BCUT2D eigenvalue weighted by Gasteiger charge is 2.42. The smallest absolute Gasteiger partial charge is 0.207 e. The number of hydrogen-bond donors (Lipinski definition) is 2. The second-order valence-electron chi connectivity index (χ2n) is 8.57. The number of rotatable bonds is 5. The SMILES string of the molecule is C#Cc1cn2c3c(c(NCCCc4ccccn4)c(F)c(N)c3c1=O)OCCC21CCC1. The minimum Gasteiger partial charge on any atom is -0.489 e. The molecule has 0 bridgehead atoms. The molecule has 1 aliphatic heterocycles. The predicted molar refractivity (Wildman–Crippen MR) is 123 cm³/mol. The van der Waals surface area contributed by atoms with E-state index in [0.29, 0.717) is 24.4 Å². The zero-order valence-electron chi connectivity index (χ0n) is 17.8. The van der Waals surface area contributed by atoms with Crippen LogP contribution in [0.1, 0.15) is 43.4 Å². The number of fused-ring (bicyclic) bond motifs is 1. The summed E-state index contributed by atoms with van der Waals surface area (Å²) in [5, 5.41) is 3.28. The Kier molecular flexibility index (Phi) is 5.01. The number of nitrogens with two attached hydrogens (primary N) is 1. The van der Waals surface area contributed by atoms with Crippen molar-refractivity contribution in [2.24, 2.45) is 0 Å². The fourth-order valence-corrected chi connectivity index (χ4v) is 4.89. The van der Waals surface area contributed by atoms with Crippen LogP contribution in [0.3, 0.4) is 0 Å². The third-order valence-electron chi connectivity index (χ3n) is 6.78. The molecule has 3 aromatic rings. The zero-order valence-corrected chi connectivity index (χ0v) is 17.8. The van der Waals surface area contributed by atoms with Gasteiger partial charge in [-0.05, 0) is 44.2 Å². The number of halogens is 1. The van der Waals surface area contributed by atoms with E-state index < -0.39 is 11.2 Å². The molecular weight excluding hydrogens is 407 g/mol. The number of ether oxygens (including phenoxy) is 1. The normalized spacial score (nSPS) is 16.1. The van der Waals surface area contributed by atoms with Crippen LogP contribution in [0.4, 0.5) is 15.8 Å². The van der Waals surface area contributed by atoms with Gasteiger partial charge in [0, 0.05) is 36.6 Å². The predicted octanol–water partition coefficient (Wildman–Crippen LogP) is 3.81. The Bertz CT molecular complexity index is 1290. The Morgan fingerprint density at radius 1 is 1.34 bits per heavy atom. The van der Waals surface area contributed by atoms with Gasteiger partial charge in [-0.3, -0.25) is 9.78 Å². The van der Waals surface area contributed by atoms with Gasteiger partial charge in [0.15, 0.2) is 11.6 Å². The van der Waals surface area contributed by atoms with Crippen LogP contribution in [0.2, 0.25) is 0 Å². The van der Waals surface area contributed by atoms with Gasteiger partial charge in [-0.25, -0.2) is 4.39 Å². The van der Waals surface area contributed by atoms with E-state index in [1.807, 2.05) is 22.8 Å². The summed E-state index contributed by atoms with van der Waals surface area (Å²) in [6.07, 6.45) is 14.4. The highest BCUT2D eigenvalue weighted by atomic mass is 19.1. The Balaban J connectivity index is 1.60. The molecule has 1 spiro atoms. The number of aryl methyl sites for hydroxylation is 1. The quantitative estimate of drug-likeness (QED) is 0.364. The molecule has 0 unspecified atom stereocenters. The number of pyridine rings is 2. The van der Waals surface area contributed by atoms with Crippen LogP contribution in [0.5, 0.6) is 5.75 Å². The Labute approximate surface area is 185 Å². The summed E-state index contributed by atoms with van der Waals surface area (Å²) >= 11 is 0. The largest absolute Gasteiger partial charge is 0.489 e. The van der Waals surface area contributed by atoms with E-state index >= 15 is 4.39 Å². The molecule has 5 rings (SSSR count). The number of terminal acetylenes is 1. The summed E-state index contributed by atoms with van der Waals surface area (Å²) < 4.78 is 23.6. The minimum atomic E-state index is -0.673. The maximum atomic E-state index is 15.4. The monoisotopic (exact) mass is 432 g/mol. The van der Waals surface area contributed by atoms with Crippen molar-refractivity contribution in [3.05, 3.63) is 57.9 Å². The summed E-state index contributed by atoms with van der Waals surface area (Å²) in [7, 11) is 0. The van der Waals surface area contributed by atoms with Gasteiger partial charge >= 0.3 is 0 Å². The Morgan fingerprint density at radius 3 is 2.88 bits per heavy atom. The van der Waals surface area contributed by atoms with Gasteiger partial charge in [0.25, 0.3) is 0 Å². The molecule has 7 heteroatoms. The molecule has 2 aromatic heterocycles. The lowest BCUT2D eigenvalue weighted by Gasteiger charge is -2.44. The molecule has 0 radical (unpaired) electrons. The number of benzene rings is 1. The first kappa shape index (κ1) is 20.4. The molecule has 164 valence electrons. The summed E-state index contributed by atoms with van der Waals surface area (Å²) in [6.45, 7) is 0.939. The lowest BCUT2D eigenvalue weighted by Crippen LogP contribution is -2.41. The highest BCUT2D eigenvalue weighted by Crippen LogP contribution is 2.49. The van der Waals surface area contributed by atoms with Gasteiger partial charge in [0.2, 0.25) is 5.43 Å². The molecule has 0 atom stereocenters. The van der Waals surface area contributed by atoms with E-state index in [1.165, 1.54) is 0 Å². The van der Waals surface area contributed by atoms with Crippen molar-refractivity contribution in [1.29, 1.82) is 0 Å². The van der Waals surface area contributed by atoms with Crippen LogP contribution < -0.4 is 21.2 Å². The standard InChI is InChI=1S/C25H25FN4O2/c1-2-16-15-30-22-18(23(16)31)20(27)19(26)21(24(22)32-14-11-25(30)9-6-10-25)29-13-5-8-17-7-3-4-12-28-17/h1,3-4,7,12,15,29H,5-6,8-11,13-14,27H2. The van der Waals surface area contributed by atoms with E-state index in [4.69, 9.17) is 16.9 Å². The van der Waals surface area contributed by atoms with E-state index in [9.17, 15) is 4.79 Å². The summed E-state index contributed by atoms with van der Waals surface area (Å²) in [6, 6.07) is 5.78. The number of anilines is 2. The molecule has 32 heavy (non-hydrogen) atoms. The molecule has 1 aliphatic carbocycles. The molecule has 6 nitrogen and oxygen atoms in total. The summed E-state index contributed by atoms with van der Waals surface area (Å²) in [5.41, 5.74) is 7.31. The average Bonchev–Trinajstić information content (AvgIpc) is 2.95. The maximum Gasteiger partial charge on any atom is 0.207 e. The maximum absolute atomic E-state index is 15.4. The van der Waals surface area contributed by atoms with Gasteiger partial charge in [-0.1, -0.05) is 12.0 Å². The zero-order chi connectivity index (χ0) is 22.3. The van der Waals surface area contributed by atoms with Crippen LogP contribution >= 0.6 is 0 Å². The first-order chi connectivity index (χ1) is 15.6. The highest BCUT2D eigenvalue weighted by molar-refractivity contribution is 6.00. The molecular formula is C25H25FN4O2. The van der Waals surface area contributed by atoms with Gasteiger partial charge in [0.1, 0.15) is 5.69 Å². The number of hydrogen-bond acceptors (Lipinski definition) is 5. The number of nitrogen functional groups attached to an aromatic ring is 1. The first-order valence-electron chi connectivity index (χ1n) is 11.0. The number of nitrogens with zero attached hydrogens (tertiary/aromatic N) is 2. The van der Waals surface area contributed by atoms with Crippen LogP contribution in [-0.4, -0.2) is 22.7 Å². The number of aromatic nitrogens is 2. The molecule has 0 amide bonds. The van der Waals surface area contributed by atoms with Crippen molar-refractivity contribution < 1.29 is 9.13 Å². The lowest BCUT2D eigenvalue weighted by molar-refractivity contribution is 0.117. The number of nitrogens with one attached hydrogen (secondary N) is 1. The second-order valence-corrected chi connectivity index (χ2v) is 8.57. The van der Waals surface area contributed by atoms with Crippen molar-refractivity contribution in [2.75, 3.05) is 24.2 Å². The fourth-order valence-electron chi connectivity index (χ4n) is 4.89. The summed E-state index contributed by atoms with van der Waals surface area (Å²) in [4.78, 5) is 17.4. The minimum absolute atomic E-state index is 0.111. The van der Waals surface area contributed by atoms with Crippen molar-refractivity contribution >= 4 is 22.3 Å². The van der Waals surface area contributed by atoms with Crippen LogP contribution in [0.25, 0.3) is 10.9 Å². The van der Waals surface area contributed by atoms with Crippen molar-refractivity contribution in [3.8, 4) is 18.1 Å². The van der Waals surface area contributed by atoms with Crippen molar-refractivity contribution in [3.63, 3.8) is 0 Å². The van der Waals surface area contributed by atoms with E-state index in [2.05, 4.69) is 16.2 Å².